The molecule has 0 bridgehead atoms. The fourth-order valence-electron chi connectivity index (χ4n) is 3.68. The molecule has 196 valence electrons. The van der Waals surface area contributed by atoms with Crippen LogP contribution in [-0.2, 0) is 25.6 Å². The van der Waals surface area contributed by atoms with Gasteiger partial charge >= 0.3 is 12.0 Å². The van der Waals surface area contributed by atoms with E-state index < -0.39 is 17.9 Å². The number of methoxy groups -OCH3 is 2. The number of morpholine rings is 1. The largest absolute Gasteiger partial charge is 0.493 e. The summed E-state index contributed by atoms with van der Waals surface area (Å²) < 4.78 is 26.9. The summed E-state index contributed by atoms with van der Waals surface area (Å²) in [7, 11) is 2.67. The van der Waals surface area contributed by atoms with Gasteiger partial charge in [-0.05, 0) is 35.9 Å². The van der Waals surface area contributed by atoms with E-state index in [0.717, 1.165) is 4.90 Å². The molecule has 2 saturated heterocycles. The number of benzene rings is 1. The average molecular weight is 578 g/mol. The number of nitrogens with one attached hydrogen (secondary N) is 1. The topological polar surface area (TPSA) is 137 Å². The predicted molar refractivity (Wildman–Crippen MR) is 131 cm³/mol. The summed E-state index contributed by atoms with van der Waals surface area (Å²) in [4.78, 5) is 51.9. The maximum atomic E-state index is 12.9. The highest BCUT2D eigenvalue weighted by Gasteiger charge is 2.34. The van der Waals surface area contributed by atoms with Gasteiger partial charge in [-0.15, -0.1) is 0 Å². The molecule has 2 aliphatic heterocycles. The number of carbonyl (C=O) groups excluding carboxylic acids is 4. The van der Waals surface area contributed by atoms with Gasteiger partial charge in [-0.2, -0.15) is 0 Å². The van der Waals surface area contributed by atoms with Crippen LogP contribution in [0.25, 0.3) is 6.08 Å². The van der Waals surface area contributed by atoms with E-state index in [1.165, 1.54) is 32.4 Å². The Morgan fingerprint density at radius 2 is 1.89 bits per heavy atom. The second kappa shape index (κ2) is 11.5. The van der Waals surface area contributed by atoms with Crippen molar-refractivity contribution in [3.8, 4) is 11.5 Å². The van der Waals surface area contributed by atoms with Gasteiger partial charge in [0.15, 0.2) is 18.1 Å². The molecule has 0 spiro atoms. The minimum atomic E-state index is -0.666. The van der Waals surface area contributed by atoms with Crippen LogP contribution in [-0.4, -0.2) is 80.7 Å². The summed E-state index contributed by atoms with van der Waals surface area (Å²) in [5, 5.41) is 2.53. The van der Waals surface area contributed by atoms with Crippen LogP contribution >= 0.6 is 15.9 Å². The van der Waals surface area contributed by atoms with Crippen molar-refractivity contribution in [3.05, 3.63) is 51.5 Å². The van der Waals surface area contributed by atoms with E-state index in [2.05, 4.69) is 26.0 Å². The minimum Gasteiger partial charge on any atom is -0.493 e. The number of rotatable bonds is 8. The summed E-state index contributed by atoms with van der Waals surface area (Å²) in [6.45, 7) is 1.67. The van der Waals surface area contributed by atoms with Gasteiger partial charge < -0.3 is 33.6 Å². The van der Waals surface area contributed by atoms with Gasteiger partial charge in [-0.3, -0.25) is 14.5 Å². The Kier molecular flexibility index (Phi) is 8.14. The van der Waals surface area contributed by atoms with E-state index in [4.69, 9.17) is 18.6 Å². The van der Waals surface area contributed by atoms with Crippen LogP contribution in [0.5, 0.6) is 11.5 Å². The molecule has 2 aliphatic rings. The Labute approximate surface area is 220 Å². The predicted octanol–water partition coefficient (Wildman–Crippen LogP) is 2.17. The van der Waals surface area contributed by atoms with E-state index >= 15 is 0 Å². The molecule has 2 aromatic rings. The number of hydrogen-bond acceptors (Lipinski definition) is 9. The number of hydrogen-bond donors (Lipinski definition) is 1. The Hall–Kier alpha value is -3.84. The van der Waals surface area contributed by atoms with Crippen LogP contribution in [0.3, 0.4) is 0 Å². The van der Waals surface area contributed by atoms with Crippen molar-refractivity contribution in [1.29, 1.82) is 0 Å². The molecule has 37 heavy (non-hydrogen) atoms. The van der Waals surface area contributed by atoms with Crippen molar-refractivity contribution < 1.29 is 42.5 Å². The average Bonchev–Trinajstić information content (AvgIpc) is 3.48. The number of halogens is 1. The maximum absolute atomic E-state index is 12.9. The molecule has 0 atom stereocenters. The molecule has 4 rings (SSSR count). The van der Waals surface area contributed by atoms with Crippen molar-refractivity contribution in [1.82, 2.24) is 15.1 Å². The highest BCUT2D eigenvalue weighted by atomic mass is 79.9. The number of furan rings is 1. The van der Waals surface area contributed by atoms with Crippen molar-refractivity contribution in [3.63, 3.8) is 0 Å². The van der Waals surface area contributed by atoms with Crippen LogP contribution in [0.2, 0.25) is 0 Å². The first-order chi connectivity index (χ1) is 17.8. The molecule has 12 nitrogen and oxygen atoms in total. The number of imide groups is 1. The maximum Gasteiger partial charge on any atom is 0.373 e. The fourth-order valence-corrected chi connectivity index (χ4v) is 4.11. The fraction of sp³-hybridized carbons (Fsp3) is 0.333. The lowest BCUT2D eigenvalue weighted by Gasteiger charge is -2.26. The summed E-state index contributed by atoms with van der Waals surface area (Å²) in [6.07, 6.45) is 1.48. The third kappa shape index (κ3) is 5.94. The van der Waals surface area contributed by atoms with Crippen molar-refractivity contribution in [2.45, 2.75) is 6.54 Å². The molecular weight excluding hydrogens is 554 g/mol. The lowest BCUT2D eigenvalue weighted by molar-refractivity contribution is -0.137. The van der Waals surface area contributed by atoms with Crippen molar-refractivity contribution in [2.75, 3.05) is 47.1 Å². The Balaban J connectivity index is 1.46. The van der Waals surface area contributed by atoms with Crippen LogP contribution < -0.4 is 14.8 Å². The summed E-state index contributed by atoms with van der Waals surface area (Å²) >= 11 is 3.44. The molecule has 0 unspecified atom stereocenters. The molecule has 1 N–H and O–H groups in total. The highest BCUT2D eigenvalue weighted by Crippen LogP contribution is 2.35. The second-order valence-corrected chi connectivity index (χ2v) is 8.80. The van der Waals surface area contributed by atoms with Gasteiger partial charge in [0, 0.05) is 17.6 Å². The zero-order chi connectivity index (χ0) is 26.5. The normalized spacial score (nSPS) is 16.7. The molecule has 4 amide bonds. The minimum absolute atomic E-state index is 0.0312. The zero-order valence-electron chi connectivity index (χ0n) is 20.1. The molecule has 1 aromatic heterocycles. The van der Waals surface area contributed by atoms with Gasteiger partial charge in [-0.25, -0.2) is 9.59 Å². The molecular formula is C24H24BrN3O9. The highest BCUT2D eigenvalue weighted by molar-refractivity contribution is 9.10. The number of carbonyl (C=O) groups is 4. The Morgan fingerprint density at radius 1 is 1.14 bits per heavy atom. The molecule has 0 saturated carbocycles. The SMILES string of the molecule is COC(=O)c1ccc(CN2C(=O)N/C(=C\c3cc(OC)c(OCC(=O)N4CCOCC4)cc3Br)C2=O)o1. The third-order valence-corrected chi connectivity index (χ3v) is 6.31. The monoisotopic (exact) mass is 577 g/mol. The first-order valence-electron chi connectivity index (χ1n) is 11.2. The van der Waals surface area contributed by atoms with E-state index in [-0.39, 0.29) is 36.3 Å². The Morgan fingerprint density at radius 3 is 2.59 bits per heavy atom. The number of amides is 4. The number of urea groups is 1. The first kappa shape index (κ1) is 26.2. The lowest BCUT2D eigenvalue weighted by Crippen LogP contribution is -2.43. The quantitative estimate of drug-likeness (QED) is 0.284. The number of ether oxygens (including phenoxy) is 4. The van der Waals surface area contributed by atoms with E-state index in [1.807, 2.05) is 0 Å². The van der Waals surface area contributed by atoms with Gasteiger partial charge in [0.05, 0.1) is 34.0 Å². The molecule has 2 fully saturated rings. The smallest absolute Gasteiger partial charge is 0.373 e. The van der Waals surface area contributed by atoms with Gasteiger partial charge in [-0.1, -0.05) is 15.9 Å². The van der Waals surface area contributed by atoms with Gasteiger partial charge in [0.25, 0.3) is 11.8 Å². The molecule has 1 aromatic carbocycles. The van der Waals surface area contributed by atoms with Crippen LogP contribution in [0.4, 0.5) is 4.79 Å². The van der Waals surface area contributed by atoms with Crippen LogP contribution in [0.1, 0.15) is 21.9 Å². The van der Waals surface area contributed by atoms with Crippen molar-refractivity contribution in [2.24, 2.45) is 0 Å². The third-order valence-electron chi connectivity index (χ3n) is 5.62. The van der Waals surface area contributed by atoms with E-state index in [0.29, 0.717) is 47.8 Å². The van der Waals surface area contributed by atoms with Gasteiger partial charge in [0.1, 0.15) is 11.5 Å². The van der Waals surface area contributed by atoms with Crippen LogP contribution in [0.15, 0.2) is 38.9 Å². The Bertz CT molecular complexity index is 1250. The first-order valence-corrected chi connectivity index (χ1v) is 12.0. The number of nitrogens with zero attached hydrogens (tertiary/aromatic N) is 2. The van der Waals surface area contributed by atoms with E-state index in [9.17, 15) is 19.2 Å². The van der Waals surface area contributed by atoms with Crippen LogP contribution in [0, 0.1) is 0 Å². The number of esters is 1. The lowest BCUT2D eigenvalue weighted by atomic mass is 10.1. The molecule has 13 heteroatoms. The summed E-state index contributed by atoms with van der Waals surface area (Å²) in [5.74, 6) is -0.539. The van der Waals surface area contributed by atoms with Crippen molar-refractivity contribution >= 4 is 45.8 Å². The summed E-state index contributed by atoms with van der Waals surface area (Å²) in [5.41, 5.74) is 0.559. The second-order valence-electron chi connectivity index (χ2n) is 7.94. The molecule has 0 aliphatic carbocycles. The van der Waals surface area contributed by atoms with E-state index in [1.54, 1.807) is 17.0 Å². The van der Waals surface area contributed by atoms with Gasteiger partial charge in [0.2, 0.25) is 5.76 Å². The summed E-state index contributed by atoms with van der Waals surface area (Å²) in [6, 6.07) is 5.48. The standard InChI is InChI=1S/C24H24BrN3O9/c1-33-19-10-14(16(25)11-20(19)36-13-21(29)27-5-7-35-8-6-27)9-17-22(30)28(24(32)26-17)12-15-3-4-18(37-15)23(31)34-2/h3-4,9-11H,5-8,12-13H2,1-2H3,(H,26,32)/b17-9-. The molecule has 0 radical (unpaired) electrons. The zero-order valence-corrected chi connectivity index (χ0v) is 21.7. The molecule has 3 heterocycles.